The second kappa shape index (κ2) is 5.83. The van der Waals surface area contributed by atoms with Gasteiger partial charge in [-0.2, -0.15) is 5.10 Å². The van der Waals surface area contributed by atoms with Gasteiger partial charge < -0.3 is 15.7 Å². The summed E-state index contributed by atoms with van der Waals surface area (Å²) in [7, 11) is 0. The first-order valence-corrected chi connectivity index (χ1v) is 5.80. The predicted octanol–water partition coefficient (Wildman–Crippen LogP) is 1.13. The molecule has 0 aliphatic carbocycles. The summed E-state index contributed by atoms with van der Waals surface area (Å²) in [5, 5.41) is 20.6. The summed E-state index contributed by atoms with van der Waals surface area (Å²) < 4.78 is 0. The summed E-state index contributed by atoms with van der Waals surface area (Å²) in [6.45, 7) is 2.13. The molecule has 104 valence electrons. The average Bonchev–Trinajstić information content (AvgIpc) is 2.82. The monoisotopic (exact) mass is 275 g/mol. The Hall–Kier alpha value is -2.90. The number of carboxylic acid groups (broad SMARTS) is 1. The number of aryl methyl sites for hydroxylation is 1. The average molecular weight is 275 g/mol. The zero-order valence-electron chi connectivity index (χ0n) is 10.7. The van der Waals surface area contributed by atoms with Gasteiger partial charge in [-0.3, -0.25) is 5.10 Å². The van der Waals surface area contributed by atoms with E-state index in [0.29, 0.717) is 0 Å². The highest BCUT2D eigenvalue weighted by molar-refractivity contribution is 5.98. The van der Waals surface area contributed by atoms with Gasteiger partial charge in [0.2, 0.25) is 0 Å². The second-order valence-electron chi connectivity index (χ2n) is 4.03. The molecular formula is C12H13N5O3. The van der Waals surface area contributed by atoms with Crippen molar-refractivity contribution < 1.29 is 14.7 Å². The zero-order chi connectivity index (χ0) is 14.5. The summed E-state index contributed by atoms with van der Waals surface area (Å²) in [4.78, 5) is 26.4. The fraction of sp³-hybridized carbons (Fsp3) is 0.167. The SMILES string of the molecule is Cc1[nH]ncc1CNC(=O)Nc1cccnc1C(=O)O. The molecule has 0 bridgehead atoms. The minimum absolute atomic E-state index is 0.140. The van der Waals surface area contributed by atoms with Crippen LogP contribution in [0.25, 0.3) is 0 Å². The first-order valence-electron chi connectivity index (χ1n) is 5.80. The molecule has 8 nitrogen and oxygen atoms in total. The number of H-pyrrole nitrogens is 1. The minimum Gasteiger partial charge on any atom is -0.476 e. The third-order valence-corrected chi connectivity index (χ3v) is 2.63. The van der Waals surface area contributed by atoms with Crippen LogP contribution in [0.2, 0.25) is 0 Å². The Labute approximate surface area is 114 Å². The molecule has 2 aromatic heterocycles. The van der Waals surface area contributed by atoms with Crippen molar-refractivity contribution in [1.29, 1.82) is 0 Å². The number of anilines is 1. The van der Waals surface area contributed by atoms with Crippen LogP contribution in [0.5, 0.6) is 0 Å². The van der Waals surface area contributed by atoms with Crippen molar-refractivity contribution in [2.24, 2.45) is 0 Å². The molecule has 8 heteroatoms. The Balaban J connectivity index is 1.98. The predicted molar refractivity (Wildman–Crippen MR) is 70.4 cm³/mol. The van der Waals surface area contributed by atoms with E-state index in [1.165, 1.54) is 12.3 Å². The number of carbonyl (C=O) groups is 2. The Kier molecular flexibility index (Phi) is 3.94. The van der Waals surface area contributed by atoms with Crippen molar-refractivity contribution in [3.8, 4) is 0 Å². The lowest BCUT2D eigenvalue weighted by atomic mass is 10.2. The lowest BCUT2D eigenvalue weighted by Gasteiger charge is -2.08. The van der Waals surface area contributed by atoms with Crippen molar-refractivity contribution in [2.75, 3.05) is 5.32 Å². The van der Waals surface area contributed by atoms with Gasteiger partial charge in [-0.25, -0.2) is 14.6 Å². The van der Waals surface area contributed by atoms with Crippen molar-refractivity contribution in [2.45, 2.75) is 13.5 Å². The molecule has 2 amide bonds. The highest BCUT2D eigenvalue weighted by Crippen LogP contribution is 2.11. The summed E-state index contributed by atoms with van der Waals surface area (Å²) in [6.07, 6.45) is 2.96. The maximum atomic E-state index is 11.7. The van der Waals surface area contributed by atoms with Crippen LogP contribution in [-0.4, -0.2) is 32.3 Å². The number of aromatic carboxylic acids is 1. The normalized spacial score (nSPS) is 10.1. The summed E-state index contributed by atoms with van der Waals surface area (Å²) in [5.41, 5.74) is 1.64. The van der Waals surface area contributed by atoms with E-state index in [1.807, 2.05) is 6.92 Å². The molecule has 4 N–H and O–H groups in total. The number of urea groups is 1. The van der Waals surface area contributed by atoms with Gasteiger partial charge in [-0.15, -0.1) is 0 Å². The first-order chi connectivity index (χ1) is 9.58. The Morgan fingerprint density at radius 2 is 2.25 bits per heavy atom. The number of amides is 2. The lowest BCUT2D eigenvalue weighted by Crippen LogP contribution is -2.29. The standard InChI is InChI=1S/C12H13N5O3/c1-7-8(6-15-17-7)5-14-12(20)16-9-3-2-4-13-10(9)11(18)19/h2-4,6H,5H2,1H3,(H,15,17)(H,18,19)(H2,14,16,20). The number of carboxylic acids is 1. The number of hydrogen-bond donors (Lipinski definition) is 4. The molecule has 0 aliphatic rings. The summed E-state index contributed by atoms with van der Waals surface area (Å²) in [6, 6.07) is 2.50. The molecule has 0 aromatic carbocycles. The molecule has 0 unspecified atom stereocenters. The maximum Gasteiger partial charge on any atom is 0.356 e. The van der Waals surface area contributed by atoms with Crippen molar-refractivity contribution in [3.05, 3.63) is 41.5 Å². The van der Waals surface area contributed by atoms with Gasteiger partial charge >= 0.3 is 12.0 Å². The number of aromatic nitrogens is 3. The molecule has 0 spiro atoms. The fourth-order valence-electron chi connectivity index (χ4n) is 1.57. The van der Waals surface area contributed by atoms with Gasteiger partial charge in [0.1, 0.15) is 0 Å². The van der Waals surface area contributed by atoms with E-state index in [-0.39, 0.29) is 17.9 Å². The number of rotatable bonds is 4. The highest BCUT2D eigenvalue weighted by atomic mass is 16.4. The van der Waals surface area contributed by atoms with Crippen LogP contribution in [0, 0.1) is 6.92 Å². The minimum atomic E-state index is -1.20. The third-order valence-electron chi connectivity index (χ3n) is 2.63. The smallest absolute Gasteiger partial charge is 0.356 e. The van der Waals surface area contributed by atoms with Crippen LogP contribution in [-0.2, 0) is 6.54 Å². The van der Waals surface area contributed by atoms with E-state index in [2.05, 4.69) is 25.8 Å². The maximum absolute atomic E-state index is 11.7. The number of aromatic amines is 1. The van der Waals surface area contributed by atoms with Crippen LogP contribution in [0.15, 0.2) is 24.5 Å². The molecule has 0 fully saturated rings. The number of nitrogens with one attached hydrogen (secondary N) is 3. The lowest BCUT2D eigenvalue weighted by molar-refractivity contribution is 0.0691. The van der Waals surface area contributed by atoms with Gasteiger partial charge in [-0.05, 0) is 19.1 Å². The van der Waals surface area contributed by atoms with Gasteiger partial charge in [0.25, 0.3) is 0 Å². The van der Waals surface area contributed by atoms with E-state index < -0.39 is 12.0 Å². The van der Waals surface area contributed by atoms with Crippen LogP contribution in [0.3, 0.4) is 0 Å². The number of pyridine rings is 1. The largest absolute Gasteiger partial charge is 0.476 e. The van der Waals surface area contributed by atoms with Gasteiger partial charge in [0.15, 0.2) is 5.69 Å². The Morgan fingerprint density at radius 1 is 1.45 bits per heavy atom. The fourth-order valence-corrected chi connectivity index (χ4v) is 1.57. The summed E-state index contributed by atoms with van der Waals surface area (Å²) >= 11 is 0. The van der Waals surface area contributed by atoms with E-state index in [4.69, 9.17) is 5.11 Å². The van der Waals surface area contributed by atoms with E-state index in [9.17, 15) is 9.59 Å². The second-order valence-corrected chi connectivity index (χ2v) is 4.03. The van der Waals surface area contributed by atoms with Crippen molar-refractivity contribution in [3.63, 3.8) is 0 Å². The molecule has 2 rings (SSSR count). The molecule has 0 aliphatic heterocycles. The van der Waals surface area contributed by atoms with Gasteiger partial charge in [0, 0.05) is 24.0 Å². The van der Waals surface area contributed by atoms with E-state index in [0.717, 1.165) is 11.3 Å². The Morgan fingerprint density at radius 3 is 2.90 bits per heavy atom. The highest BCUT2D eigenvalue weighted by Gasteiger charge is 2.13. The van der Waals surface area contributed by atoms with Crippen molar-refractivity contribution >= 4 is 17.7 Å². The summed E-state index contributed by atoms with van der Waals surface area (Å²) in [5.74, 6) is -1.20. The topological polar surface area (TPSA) is 120 Å². The van der Waals surface area contributed by atoms with Crippen LogP contribution in [0.4, 0.5) is 10.5 Å². The molecule has 2 heterocycles. The third kappa shape index (κ3) is 3.10. The van der Waals surface area contributed by atoms with Gasteiger partial charge in [0.05, 0.1) is 11.9 Å². The molecule has 0 saturated carbocycles. The number of carbonyl (C=O) groups excluding carboxylic acids is 1. The molecule has 0 saturated heterocycles. The first kappa shape index (κ1) is 13.5. The van der Waals surface area contributed by atoms with E-state index >= 15 is 0 Å². The molecule has 20 heavy (non-hydrogen) atoms. The van der Waals surface area contributed by atoms with Crippen LogP contribution < -0.4 is 10.6 Å². The van der Waals surface area contributed by atoms with Gasteiger partial charge in [-0.1, -0.05) is 0 Å². The molecular weight excluding hydrogens is 262 g/mol. The molecule has 2 aromatic rings. The van der Waals surface area contributed by atoms with Crippen LogP contribution >= 0.6 is 0 Å². The number of nitrogens with zero attached hydrogens (tertiary/aromatic N) is 2. The zero-order valence-corrected chi connectivity index (χ0v) is 10.7. The quantitative estimate of drug-likeness (QED) is 0.666. The van der Waals surface area contributed by atoms with Crippen molar-refractivity contribution in [1.82, 2.24) is 20.5 Å². The number of hydrogen-bond acceptors (Lipinski definition) is 4. The van der Waals surface area contributed by atoms with Crippen LogP contribution in [0.1, 0.15) is 21.7 Å². The molecule has 0 atom stereocenters. The van der Waals surface area contributed by atoms with E-state index in [1.54, 1.807) is 12.3 Å². The Bertz CT molecular complexity index is 638. The molecule has 0 radical (unpaired) electrons.